The monoisotopic (exact) mass is 261 g/mol. The van der Waals surface area contributed by atoms with Crippen LogP contribution in [0.4, 0.5) is 0 Å². The molecule has 0 aromatic heterocycles. The van der Waals surface area contributed by atoms with Crippen LogP contribution in [0.15, 0.2) is 23.3 Å². The highest BCUT2D eigenvalue weighted by molar-refractivity contribution is 5.47. The van der Waals surface area contributed by atoms with Gasteiger partial charge in [-0.25, -0.2) is 0 Å². The van der Waals surface area contributed by atoms with Gasteiger partial charge in [-0.1, -0.05) is 26.0 Å². The number of fused-ring (bicyclic) bond motifs is 1. The van der Waals surface area contributed by atoms with Crippen molar-refractivity contribution in [1.82, 2.24) is 4.90 Å². The van der Waals surface area contributed by atoms with Gasteiger partial charge in [-0.3, -0.25) is 0 Å². The molecule has 0 radical (unpaired) electrons. The Bertz CT molecular complexity index is 440. The van der Waals surface area contributed by atoms with Crippen molar-refractivity contribution in [1.29, 1.82) is 0 Å². The fourth-order valence-electron chi connectivity index (χ4n) is 4.13. The quantitative estimate of drug-likeness (QED) is 0.826. The zero-order chi connectivity index (χ0) is 13.8. The lowest BCUT2D eigenvalue weighted by Crippen LogP contribution is -2.44. The Morgan fingerprint density at radius 1 is 1.32 bits per heavy atom. The van der Waals surface area contributed by atoms with Crippen LogP contribution in [0.3, 0.4) is 0 Å². The molecule has 19 heavy (non-hydrogen) atoms. The summed E-state index contributed by atoms with van der Waals surface area (Å²) >= 11 is 0. The smallest absolute Gasteiger partial charge is 0.0920 e. The maximum atomic E-state index is 11.0. The summed E-state index contributed by atoms with van der Waals surface area (Å²) in [5, 5.41) is 11.0. The molecule has 0 amide bonds. The molecule has 3 rings (SSSR count). The van der Waals surface area contributed by atoms with E-state index in [1.165, 1.54) is 17.6 Å². The molecule has 2 heteroatoms. The van der Waals surface area contributed by atoms with Crippen molar-refractivity contribution in [2.24, 2.45) is 17.3 Å². The molecule has 1 saturated heterocycles. The van der Waals surface area contributed by atoms with Crippen molar-refractivity contribution in [3.63, 3.8) is 0 Å². The van der Waals surface area contributed by atoms with E-state index in [4.69, 9.17) is 0 Å². The van der Waals surface area contributed by atoms with Gasteiger partial charge in [0.05, 0.1) is 5.60 Å². The Kier molecular flexibility index (Phi) is 2.96. The second kappa shape index (κ2) is 4.20. The van der Waals surface area contributed by atoms with E-state index in [0.29, 0.717) is 17.3 Å². The third-order valence-electron chi connectivity index (χ3n) is 5.77. The van der Waals surface area contributed by atoms with E-state index in [9.17, 15) is 5.11 Å². The Morgan fingerprint density at radius 3 is 2.53 bits per heavy atom. The van der Waals surface area contributed by atoms with E-state index in [1.54, 1.807) is 0 Å². The second-order valence-corrected chi connectivity index (χ2v) is 7.32. The van der Waals surface area contributed by atoms with Crippen LogP contribution in [0.25, 0.3) is 0 Å². The van der Waals surface area contributed by atoms with E-state index in [1.807, 2.05) is 0 Å². The van der Waals surface area contributed by atoms with Gasteiger partial charge in [0, 0.05) is 13.1 Å². The third kappa shape index (κ3) is 2.00. The molecular formula is C17H27NO. The van der Waals surface area contributed by atoms with Gasteiger partial charge in [-0.15, -0.1) is 0 Å². The molecule has 0 bridgehead atoms. The van der Waals surface area contributed by atoms with Gasteiger partial charge < -0.3 is 10.0 Å². The van der Waals surface area contributed by atoms with Crippen LogP contribution >= 0.6 is 0 Å². The maximum absolute atomic E-state index is 11.0. The first-order valence-electron chi connectivity index (χ1n) is 7.70. The highest BCUT2D eigenvalue weighted by atomic mass is 16.3. The number of allylic oxidation sites excluding steroid dienone is 2. The molecule has 2 aliphatic carbocycles. The molecule has 106 valence electrons. The molecule has 2 fully saturated rings. The van der Waals surface area contributed by atoms with Gasteiger partial charge in [0.15, 0.2) is 0 Å². The predicted octanol–water partition coefficient (Wildman–Crippen LogP) is 2.99. The average Bonchev–Trinajstić information content (AvgIpc) is 3.07. The van der Waals surface area contributed by atoms with E-state index < -0.39 is 5.60 Å². The van der Waals surface area contributed by atoms with E-state index in [0.717, 1.165) is 25.9 Å². The second-order valence-electron chi connectivity index (χ2n) is 7.32. The molecule has 1 N–H and O–H groups in total. The fourth-order valence-corrected chi connectivity index (χ4v) is 4.13. The largest absolute Gasteiger partial charge is 0.385 e. The molecule has 1 heterocycles. The minimum atomic E-state index is -0.571. The summed E-state index contributed by atoms with van der Waals surface area (Å²) in [4.78, 5) is 2.31. The molecule has 0 aromatic rings. The van der Waals surface area contributed by atoms with Gasteiger partial charge in [-0.2, -0.15) is 0 Å². The van der Waals surface area contributed by atoms with Gasteiger partial charge in [0.1, 0.15) is 0 Å². The lowest BCUT2D eigenvalue weighted by Gasteiger charge is -2.40. The number of hydrogen-bond donors (Lipinski definition) is 1. The topological polar surface area (TPSA) is 23.5 Å². The molecule has 2 unspecified atom stereocenters. The zero-order valence-electron chi connectivity index (χ0n) is 12.7. The van der Waals surface area contributed by atoms with Crippen LogP contribution < -0.4 is 0 Å². The number of rotatable bonds is 2. The van der Waals surface area contributed by atoms with Crippen LogP contribution in [0, 0.1) is 17.3 Å². The van der Waals surface area contributed by atoms with Gasteiger partial charge in [0.2, 0.25) is 0 Å². The normalized spacial score (nSPS) is 37.7. The van der Waals surface area contributed by atoms with Gasteiger partial charge in [0.25, 0.3) is 0 Å². The van der Waals surface area contributed by atoms with Crippen molar-refractivity contribution in [2.45, 2.75) is 45.6 Å². The minimum Gasteiger partial charge on any atom is -0.385 e. The number of likely N-dealkylation sites (tertiary alicyclic amines) is 1. The van der Waals surface area contributed by atoms with Crippen LogP contribution in [0.5, 0.6) is 0 Å². The summed E-state index contributed by atoms with van der Waals surface area (Å²) in [6, 6.07) is 0. The molecule has 0 spiro atoms. The number of piperidine rings is 1. The lowest BCUT2D eigenvalue weighted by atomic mass is 9.75. The standard InChI is InChI=1S/C17H27NO/c1-12(2)16-10-13(3)15(9-14(16)11-16)17(19)5-7-18(4)8-6-17/h9-10,12,14,19H,5-8,11H2,1-4H3. The van der Waals surface area contributed by atoms with Crippen molar-refractivity contribution in [2.75, 3.05) is 20.1 Å². The first kappa shape index (κ1) is 13.4. The fraction of sp³-hybridized carbons (Fsp3) is 0.765. The summed E-state index contributed by atoms with van der Waals surface area (Å²) in [6.07, 6.45) is 7.90. The van der Waals surface area contributed by atoms with Gasteiger partial charge in [-0.05, 0) is 61.6 Å². The number of nitrogens with zero attached hydrogens (tertiary/aromatic N) is 1. The number of aliphatic hydroxyl groups is 1. The number of hydrogen-bond acceptors (Lipinski definition) is 2. The van der Waals surface area contributed by atoms with Crippen molar-refractivity contribution in [3.05, 3.63) is 23.3 Å². The molecule has 1 saturated carbocycles. The summed E-state index contributed by atoms with van der Waals surface area (Å²) in [5.74, 6) is 1.38. The third-order valence-corrected chi connectivity index (χ3v) is 5.77. The predicted molar refractivity (Wildman–Crippen MR) is 78.9 cm³/mol. The van der Waals surface area contributed by atoms with Crippen LogP contribution in [0.1, 0.15) is 40.0 Å². The summed E-state index contributed by atoms with van der Waals surface area (Å²) in [7, 11) is 2.14. The van der Waals surface area contributed by atoms with Crippen LogP contribution in [0.2, 0.25) is 0 Å². The molecule has 0 aromatic carbocycles. The molecular weight excluding hydrogens is 234 g/mol. The van der Waals surface area contributed by atoms with E-state index in [2.05, 4.69) is 44.9 Å². The first-order valence-corrected chi connectivity index (χ1v) is 7.70. The Hall–Kier alpha value is -0.600. The maximum Gasteiger partial charge on any atom is 0.0920 e. The summed E-state index contributed by atoms with van der Waals surface area (Å²) in [6.45, 7) is 8.85. The lowest BCUT2D eigenvalue weighted by molar-refractivity contribution is 0.0173. The van der Waals surface area contributed by atoms with Crippen LogP contribution in [-0.4, -0.2) is 35.7 Å². The van der Waals surface area contributed by atoms with Gasteiger partial charge >= 0.3 is 0 Å². The first-order chi connectivity index (χ1) is 8.87. The highest BCUT2D eigenvalue weighted by Crippen LogP contribution is 2.63. The Labute approximate surface area is 117 Å². The molecule has 1 aliphatic heterocycles. The van der Waals surface area contributed by atoms with Crippen molar-refractivity contribution < 1.29 is 5.11 Å². The van der Waals surface area contributed by atoms with E-state index in [-0.39, 0.29) is 0 Å². The van der Waals surface area contributed by atoms with Crippen molar-refractivity contribution in [3.8, 4) is 0 Å². The zero-order valence-corrected chi connectivity index (χ0v) is 12.7. The summed E-state index contributed by atoms with van der Waals surface area (Å²) < 4.78 is 0. The van der Waals surface area contributed by atoms with Crippen molar-refractivity contribution >= 4 is 0 Å². The highest BCUT2D eigenvalue weighted by Gasteiger charge is 2.56. The average molecular weight is 261 g/mol. The molecule has 2 nitrogen and oxygen atoms in total. The molecule has 2 atom stereocenters. The Balaban J connectivity index is 1.84. The summed E-state index contributed by atoms with van der Waals surface area (Å²) in [5.41, 5.74) is 2.41. The Morgan fingerprint density at radius 2 is 1.95 bits per heavy atom. The van der Waals surface area contributed by atoms with Crippen LogP contribution in [-0.2, 0) is 0 Å². The SMILES string of the molecule is CC1=CC2(C(C)C)CC2C=C1C1(O)CCN(C)CC1. The minimum absolute atomic E-state index is 0.412. The van der Waals surface area contributed by atoms with E-state index >= 15 is 0 Å². The molecule has 3 aliphatic rings.